The van der Waals surface area contributed by atoms with Crippen LogP contribution in [0.2, 0.25) is 0 Å². The van der Waals surface area contributed by atoms with E-state index in [9.17, 15) is 4.79 Å². The Kier molecular flexibility index (Phi) is 6.58. The van der Waals surface area contributed by atoms with Crippen molar-refractivity contribution in [2.24, 2.45) is 0 Å². The molecule has 37 heavy (non-hydrogen) atoms. The Balaban J connectivity index is 1.38. The lowest BCUT2D eigenvalue weighted by Crippen LogP contribution is -2.34. The summed E-state index contributed by atoms with van der Waals surface area (Å²) in [6.07, 6.45) is 3.06. The normalized spacial score (nSPS) is 15.8. The van der Waals surface area contributed by atoms with Gasteiger partial charge in [0, 0.05) is 6.42 Å². The molecule has 1 heterocycles. The Bertz CT molecular complexity index is 1360. The van der Waals surface area contributed by atoms with Gasteiger partial charge in [-0.1, -0.05) is 100 Å². The van der Waals surface area contributed by atoms with Crippen molar-refractivity contribution < 1.29 is 9.21 Å². The van der Waals surface area contributed by atoms with Crippen LogP contribution in [0.4, 0.5) is 0 Å². The van der Waals surface area contributed by atoms with Crippen LogP contribution in [0.15, 0.2) is 89.3 Å². The number of benzene rings is 3. The van der Waals surface area contributed by atoms with E-state index in [1.165, 1.54) is 35.1 Å². The number of carbonyl (C=O) groups excluding carboxylic acids is 1. The molecule has 0 atom stereocenters. The third kappa shape index (κ3) is 5.13. The molecule has 0 spiro atoms. The van der Waals surface area contributed by atoms with Crippen LogP contribution in [0, 0.1) is 6.92 Å². The summed E-state index contributed by atoms with van der Waals surface area (Å²) < 4.78 is 6.10. The second-order valence-corrected chi connectivity index (χ2v) is 11.8. The Labute approximate surface area is 220 Å². The van der Waals surface area contributed by atoms with Crippen LogP contribution in [-0.2, 0) is 17.3 Å². The predicted octanol–water partition coefficient (Wildman–Crippen LogP) is 8.05. The van der Waals surface area contributed by atoms with Gasteiger partial charge in [-0.3, -0.25) is 4.79 Å². The lowest BCUT2D eigenvalue weighted by atomic mass is 9.62. The van der Waals surface area contributed by atoms with Gasteiger partial charge in [-0.25, -0.2) is 0 Å². The molecule has 1 N–H and O–H groups in total. The number of amides is 1. The molecule has 0 unspecified atom stereocenters. The molecule has 1 aromatic heterocycles. The molecule has 3 nitrogen and oxygen atoms in total. The van der Waals surface area contributed by atoms with E-state index in [-0.39, 0.29) is 22.8 Å². The summed E-state index contributed by atoms with van der Waals surface area (Å²) in [7, 11) is 0. The predicted molar refractivity (Wildman–Crippen MR) is 150 cm³/mol. The van der Waals surface area contributed by atoms with Crippen molar-refractivity contribution in [2.75, 3.05) is 0 Å². The maximum atomic E-state index is 13.3. The maximum Gasteiger partial charge on any atom is 0.287 e. The lowest BCUT2D eigenvalue weighted by Gasteiger charge is -2.42. The van der Waals surface area contributed by atoms with Gasteiger partial charge in [-0.2, -0.15) is 0 Å². The Morgan fingerprint density at radius 3 is 1.92 bits per heavy atom. The largest absolute Gasteiger partial charge is 0.456 e. The van der Waals surface area contributed by atoms with Gasteiger partial charge < -0.3 is 9.73 Å². The van der Waals surface area contributed by atoms with Crippen molar-refractivity contribution in [3.63, 3.8) is 0 Å². The van der Waals surface area contributed by atoms with Crippen molar-refractivity contribution in [1.29, 1.82) is 0 Å². The van der Waals surface area contributed by atoms with Gasteiger partial charge >= 0.3 is 0 Å². The van der Waals surface area contributed by atoms with Crippen molar-refractivity contribution in [1.82, 2.24) is 5.32 Å². The van der Waals surface area contributed by atoms with Gasteiger partial charge in [0.15, 0.2) is 5.76 Å². The zero-order chi connectivity index (χ0) is 26.2. The fraction of sp³-hybridized carbons (Fsp3) is 0.324. The minimum atomic E-state index is -0.253. The monoisotopic (exact) mass is 491 g/mol. The van der Waals surface area contributed by atoms with Crippen molar-refractivity contribution in [3.05, 3.63) is 130 Å². The van der Waals surface area contributed by atoms with Gasteiger partial charge in [-0.05, 0) is 76.1 Å². The number of rotatable bonds is 6. The van der Waals surface area contributed by atoms with Crippen LogP contribution in [0.25, 0.3) is 0 Å². The van der Waals surface area contributed by atoms with E-state index in [0.29, 0.717) is 12.2 Å². The molecular formula is C34H37NO2. The van der Waals surface area contributed by atoms with Gasteiger partial charge in [0.1, 0.15) is 5.76 Å². The first kappa shape index (κ1) is 25.1. The lowest BCUT2D eigenvalue weighted by molar-refractivity contribution is 0.0913. The molecule has 0 aliphatic heterocycles. The van der Waals surface area contributed by atoms with Crippen LogP contribution < -0.4 is 5.32 Å². The molecule has 0 bridgehead atoms. The zero-order valence-electron chi connectivity index (χ0n) is 22.6. The molecule has 0 saturated carbocycles. The van der Waals surface area contributed by atoms with Gasteiger partial charge in [0.05, 0.1) is 6.04 Å². The Morgan fingerprint density at radius 2 is 1.35 bits per heavy atom. The highest BCUT2D eigenvalue weighted by atomic mass is 16.3. The van der Waals surface area contributed by atoms with Crippen LogP contribution in [-0.4, -0.2) is 5.91 Å². The minimum absolute atomic E-state index is 0.158. The SMILES string of the molecule is Cc1cc2c(cc1Cc1ccc(C(=O)NC(c3ccccc3)c3ccccc3)o1)C(C)(C)CCC2(C)C. The summed E-state index contributed by atoms with van der Waals surface area (Å²) >= 11 is 0. The molecule has 4 aromatic rings. The van der Waals surface area contributed by atoms with Gasteiger partial charge in [-0.15, -0.1) is 0 Å². The van der Waals surface area contributed by atoms with E-state index in [4.69, 9.17) is 4.42 Å². The second kappa shape index (κ2) is 9.70. The summed E-state index contributed by atoms with van der Waals surface area (Å²) in [6.45, 7) is 11.6. The Hall–Kier alpha value is -3.59. The summed E-state index contributed by atoms with van der Waals surface area (Å²) in [5.74, 6) is 0.926. The molecule has 3 aromatic carbocycles. The summed E-state index contributed by atoms with van der Waals surface area (Å²) in [6, 6.07) is 28.3. The maximum absolute atomic E-state index is 13.3. The van der Waals surface area contributed by atoms with E-state index >= 15 is 0 Å². The molecule has 0 saturated heterocycles. The standard InChI is InChI=1S/C34H37NO2/c1-23-20-28-29(34(4,5)19-18-33(28,2)3)22-26(23)21-27-16-17-30(37-27)32(36)35-31(24-12-8-6-9-13-24)25-14-10-7-11-15-25/h6-17,20,22,31H,18-19,21H2,1-5H3,(H,35,36). The highest BCUT2D eigenvalue weighted by Crippen LogP contribution is 2.46. The third-order valence-corrected chi connectivity index (χ3v) is 8.10. The fourth-order valence-corrected chi connectivity index (χ4v) is 5.59. The summed E-state index contributed by atoms with van der Waals surface area (Å²) in [4.78, 5) is 13.3. The Morgan fingerprint density at radius 1 is 0.811 bits per heavy atom. The molecule has 3 heteroatoms. The first-order valence-corrected chi connectivity index (χ1v) is 13.3. The van der Waals surface area contributed by atoms with Crippen LogP contribution in [0.1, 0.15) is 96.3 Å². The number of hydrogen-bond acceptors (Lipinski definition) is 2. The van der Waals surface area contributed by atoms with Crippen molar-refractivity contribution in [3.8, 4) is 0 Å². The van der Waals surface area contributed by atoms with Gasteiger partial charge in [0.2, 0.25) is 0 Å². The summed E-state index contributed by atoms with van der Waals surface area (Å²) in [5, 5.41) is 3.18. The third-order valence-electron chi connectivity index (χ3n) is 8.10. The molecule has 0 radical (unpaired) electrons. The number of carbonyl (C=O) groups is 1. The van der Waals surface area contributed by atoms with E-state index < -0.39 is 0 Å². The first-order chi connectivity index (χ1) is 17.6. The van der Waals surface area contributed by atoms with Crippen molar-refractivity contribution >= 4 is 5.91 Å². The quantitative estimate of drug-likeness (QED) is 0.296. The smallest absolute Gasteiger partial charge is 0.287 e. The van der Waals surface area contributed by atoms with E-state index in [1.54, 1.807) is 6.07 Å². The highest BCUT2D eigenvalue weighted by Gasteiger charge is 2.37. The molecule has 1 aliphatic rings. The van der Waals surface area contributed by atoms with Crippen LogP contribution >= 0.6 is 0 Å². The molecule has 5 rings (SSSR count). The number of nitrogens with one attached hydrogen (secondary N) is 1. The summed E-state index contributed by atoms with van der Waals surface area (Å²) in [5.41, 5.74) is 7.87. The van der Waals surface area contributed by atoms with Crippen LogP contribution in [0.5, 0.6) is 0 Å². The molecule has 1 amide bonds. The van der Waals surface area contributed by atoms with Crippen LogP contribution in [0.3, 0.4) is 0 Å². The van der Waals surface area contributed by atoms with E-state index in [1.807, 2.05) is 66.7 Å². The zero-order valence-corrected chi connectivity index (χ0v) is 22.6. The van der Waals surface area contributed by atoms with Gasteiger partial charge in [0.25, 0.3) is 5.91 Å². The number of fused-ring (bicyclic) bond motifs is 1. The number of aryl methyl sites for hydroxylation is 1. The molecule has 190 valence electrons. The molecule has 1 aliphatic carbocycles. The van der Waals surface area contributed by atoms with E-state index in [2.05, 4.69) is 52.1 Å². The first-order valence-electron chi connectivity index (χ1n) is 13.3. The topological polar surface area (TPSA) is 42.2 Å². The fourth-order valence-electron chi connectivity index (χ4n) is 5.59. The molecular weight excluding hydrogens is 454 g/mol. The average Bonchev–Trinajstić information content (AvgIpc) is 3.36. The van der Waals surface area contributed by atoms with Crippen molar-refractivity contribution in [2.45, 2.75) is 70.8 Å². The molecule has 0 fully saturated rings. The number of hydrogen-bond donors (Lipinski definition) is 1. The average molecular weight is 492 g/mol. The minimum Gasteiger partial charge on any atom is -0.456 e. The van der Waals surface area contributed by atoms with E-state index in [0.717, 1.165) is 16.9 Å². The second-order valence-electron chi connectivity index (χ2n) is 11.8. The highest BCUT2D eigenvalue weighted by molar-refractivity contribution is 5.92. The number of furan rings is 1.